The van der Waals surface area contributed by atoms with Crippen molar-refractivity contribution in [2.45, 2.75) is 13.0 Å². The summed E-state index contributed by atoms with van der Waals surface area (Å²) in [4.78, 5) is 27.0. The van der Waals surface area contributed by atoms with E-state index in [2.05, 4.69) is 17.4 Å². The number of thiophene rings is 1. The van der Waals surface area contributed by atoms with E-state index in [1.165, 1.54) is 5.56 Å². The number of benzene rings is 2. The summed E-state index contributed by atoms with van der Waals surface area (Å²) >= 11 is 1.64. The number of nitrogens with one attached hydrogen (secondary N) is 1. The van der Waals surface area contributed by atoms with E-state index in [0.717, 1.165) is 11.3 Å². The van der Waals surface area contributed by atoms with Gasteiger partial charge in [-0.15, -0.1) is 11.3 Å². The van der Waals surface area contributed by atoms with Gasteiger partial charge in [-0.1, -0.05) is 36.4 Å². The van der Waals surface area contributed by atoms with Crippen LogP contribution in [-0.4, -0.2) is 23.4 Å². The van der Waals surface area contributed by atoms with Crippen molar-refractivity contribution in [1.82, 2.24) is 4.90 Å². The monoisotopic (exact) mass is 379 g/mol. The molecule has 0 bridgehead atoms. The van der Waals surface area contributed by atoms with Crippen LogP contribution in [0.1, 0.15) is 20.8 Å². The van der Waals surface area contributed by atoms with E-state index >= 15 is 0 Å². The van der Waals surface area contributed by atoms with Crippen molar-refractivity contribution in [2.24, 2.45) is 5.73 Å². The first-order valence-corrected chi connectivity index (χ1v) is 9.52. The van der Waals surface area contributed by atoms with Crippen LogP contribution in [0, 0.1) is 0 Å². The Balaban J connectivity index is 1.74. The Bertz CT molecular complexity index is 878. The molecule has 3 N–H and O–H groups in total. The van der Waals surface area contributed by atoms with Crippen LogP contribution >= 0.6 is 11.3 Å². The molecule has 0 aliphatic rings. The number of anilines is 1. The molecule has 0 saturated carbocycles. The molecule has 3 aromatic rings. The molecule has 3 amide bonds. The number of nitrogens with two attached hydrogens (primary N) is 1. The second kappa shape index (κ2) is 9.00. The summed E-state index contributed by atoms with van der Waals surface area (Å²) < 4.78 is 0. The van der Waals surface area contributed by atoms with E-state index in [0.29, 0.717) is 24.3 Å². The van der Waals surface area contributed by atoms with Crippen LogP contribution in [-0.2, 0) is 13.0 Å². The van der Waals surface area contributed by atoms with Crippen LogP contribution < -0.4 is 11.1 Å². The van der Waals surface area contributed by atoms with Gasteiger partial charge in [-0.25, -0.2) is 4.79 Å². The van der Waals surface area contributed by atoms with E-state index in [1.807, 2.05) is 40.6 Å². The lowest BCUT2D eigenvalue weighted by Crippen LogP contribution is -2.32. The number of primary amides is 1. The van der Waals surface area contributed by atoms with Crippen LogP contribution in [0.15, 0.2) is 72.1 Å². The first kappa shape index (κ1) is 18.7. The van der Waals surface area contributed by atoms with Crippen LogP contribution in [0.2, 0.25) is 0 Å². The predicted octanol–water partition coefficient (Wildman–Crippen LogP) is 4.12. The fourth-order valence-corrected chi connectivity index (χ4v) is 3.49. The molecule has 0 spiro atoms. The Kier molecular flexibility index (Phi) is 6.22. The molecule has 5 nitrogen and oxygen atoms in total. The fraction of sp³-hybridized carbons (Fsp3) is 0.143. The minimum atomic E-state index is -0.628. The Morgan fingerprint density at radius 3 is 2.33 bits per heavy atom. The fourth-order valence-electron chi connectivity index (χ4n) is 2.77. The van der Waals surface area contributed by atoms with Crippen LogP contribution in [0.5, 0.6) is 0 Å². The average Bonchev–Trinajstić information content (AvgIpc) is 3.19. The first-order valence-electron chi connectivity index (χ1n) is 8.64. The third-order valence-corrected chi connectivity index (χ3v) is 4.99. The predicted molar refractivity (Wildman–Crippen MR) is 109 cm³/mol. The molecule has 1 heterocycles. The zero-order valence-electron chi connectivity index (χ0n) is 14.8. The lowest BCUT2D eigenvalue weighted by molar-refractivity contribution is 0.0747. The SMILES string of the molecule is NC(=O)Nc1ccc(C(=O)N(CCc2ccccc2)Cc2cccs2)cc1. The lowest BCUT2D eigenvalue weighted by Gasteiger charge is -2.22. The maximum atomic E-state index is 13.0. The molecular formula is C21H21N3O2S. The third kappa shape index (κ3) is 5.43. The number of amides is 3. The van der Waals surface area contributed by atoms with Crippen molar-refractivity contribution in [3.63, 3.8) is 0 Å². The lowest BCUT2D eigenvalue weighted by atomic mass is 10.1. The summed E-state index contributed by atoms with van der Waals surface area (Å²) in [7, 11) is 0. The van der Waals surface area contributed by atoms with Crippen LogP contribution in [0.4, 0.5) is 10.5 Å². The van der Waals surface area contributed by atoms with Gasteiger partial charge in [0.2, 0.25) is 0 Å². The topological polar surface area (TPSA) is 75.4 Å². The van der Waals surface area contributed by atoms with Crippen molar-refractivity contribution in [2.75, 3.05) is 11.9 Å². The number of carbonyl (C=O) groups is 2. The molecule has 3 rings (SSSR count). The van der Waals surface area contributed by atoms with Gasteiger partial charge in [0.25, 0.3) is 5.91 Å². The highest BCUT2D eigenvalue weighted by Crippen LogP contribution is 2.17. The van der Waals surface area contributed by atoms with Gasteiger partial charge < -0.3 is 16.0 Å². The number of nitrogens with zero attached hydrogens (tertiary/aromatic N) is 1. The highest BCUT2D eigenvalue weighted by atomic mass is 32.1. The third-order valence-electron chi connectivity index (χ3n) is 4.13. The van der Waals surface area contributed by atoms with Gasteiger partial charge in [0.05, 0.1) is 6.54 Å². The highest BCUT2D eigenvalue weighted by Gasteiger charge is 2.17. The molecule has 138 valence electrons. The Morgan fingerprint density at radius 2 is 1.70 bits per heavy atom. The van der Waals surface area contributed by atoms with Gasteiger partial charge in [-0.05, 0) is 47.7 Å². The highest BCUT2D eigenvalue weighted by molar-refractivity contribution is 7.09. The van der Waals surface area contributed by atoms with E-state index in [-0.39, 0.29) is 5.91 Å². The van der Waals surface area contributed by atoms with Crippen molar-refractivity contribution < 1.29 is 9.59 Å². The van der Waals surface area contributed by atoms with E-state index < -0.39 is 6.03 Å². The first-order chi connectivity index (χ1) is 13.1. The number of rotatable bonds is 7. The zero-order valence-corrected chi connectivity index (χ0v) is 15.6. The normalized spacial score (nSPS) is 10.4. The molecule has 0 saturated heterocycles. The standard InChI is InChI=1S/C21H21N3O2S/c22-21(26)23-18-10-8-17(9-11-18)20(25)24(15-19-7-4-14-27-19)13-12-16-5-2-1-3-6-16/h1-11,14H,12-13,15H2,(H3,22,23,26). The number of carbonyl (C=O) groups excluding carboxylic acids is 2. The van der Waals surface area contributed by atoms with Gasteiger partial charge in [-0.3, -0.25) is 4.79 Å². The average molecular weight is 379 g/mol. The summed E-state index contributed by atoms with van der Waals surface area (Å²) in [6.45, 7) is 1.20. The summed E-state index contributed by atoms with van der Waals surface area (Å²) in [6, 6.07) is 20.3. The quantitative estimate of drug-likeness (QED) is 0.648. The summed E-state index contributed by atoms with van der Waals surface area (Å²) in [6.07, 6.45) is 0.791. The largest absolute Gasteiger partial charge is 0.351 e. The smallest absolute Gasteiger partial charge is 0.316 e. The minimum Gasteiger partial charge on any atom is -0.351 e. The molecule has 0 fully saturated rings. The molecule has 0 aliphatic carbocycles. The van der Waals surface area contributed by atoms with Gasteiger partial charge in [-0.2, -0.15) is 0 Å². The van der Waals surface area contributed by atoms with Crippen molar-refractivity contribution in [3.8, 4) is 0 Å². The molecule has 0 radical (unpaired) electrons. The molecule has 6 heteroatoms. The second-order valence-electron chi connectivity index (χ2n) is 6.11. The Morgan fingerprint density at radius 1 is 0.963 bits per heavy atom. The number of hydrogen-bond donors (Lipinski definition) is 2. The van der Waals surface area contributed by atoms with Crippen LogP contribution in [0.25, 0.3) is 0 Å². The summed E-state index contributed by atoms with van der Waals surface area (Å²) in [5.41, 5.74) is 7.46. The maximum Gasteiger partial charge on any atom is 0.316 e. The molecule has 27 heavy (non-hydrogen) atoms. The van der Waals surface area contributed by atoms with Crippen molar-refractivity contribution in [3.05, 3.63) is 88.1 Å². The minimum absolute atomic E-state index is 0.0371. The van der Waals surface area contributed by atoms with E-state index in [9.17, 15) is 9.59 Å². The Labute approximate surface area is 162 Å². The van der Waals surface area contributed by atoms with E-state index in [1.54, 1.807) is 35.6 Å². The van der Waals surface area contributed by atoms with E-state index in [4.69, 9.17) is 5.73 Å². The molecule has 0 atom stereocenters. The number of hydrogen-bond acceptors (Lipinski definition) is 3. The molecule has 0 aliphatic heterocycles. The maximum absolute atomic E-state index is 13.0. The zero-order chi connectivity index (χ0) is 19.1. The Hall–Kier alpha value is -3.12. The van der Waals surface area contributed by atoms with Crippen LogP contribution in [0.3, 0.4) is 0 Å². The summed E-state index contributed by atoms with van der Waals surface area (Å²) in [5, 5.41) is 4.51. The van der Waals surface area contributed by atoms with Gasteiger partial charge in [0.15, 0.2) is 0 Å². The van der Waals surface area contributed by atoms with Gasteiger partial charge >= 0.3 is 6.03 Å². The summed E-state index contributed by atoms with van der Waals surface area (Å²) in [5.74, 6) is -0.0371. The molecule has 1 aromatic heterocycles. The van der Waals surface area contributed by atoms with Crippen molar-refractivity contribution in [1.29, 1.82) is 0 Å². The number of urea groups is 1. The van der Waals surface area contributed by atoms with Gasteiger partial charge in [0.1, 0.15) is 0 Å². The van der Waals surface area contributed by atoms with Crippen molar-refractivity contribution >= 4 is 29.0 Å². The molecule has 0 unspecified atom stereocenters. The van der Waals surface area contributed by atoms with Gasteiger partial charge in [0, 0.05) is 22.7 Å². The molecular weight excluding hydrogens is 358 g/mol. The molecule has 2 aromatic carbocycles. The second-order valence-corrected chi connectivity index (χ2v) is 7.14.